The van der Waals surface area contributed by atoms with Gasteiger partial charge in [0, 0.05) is 29.6 Å². The van der Waals surface area contributed by atoms with E-state index >= 15 is 0 Å². The van der Waals surface area contributed by atoms with Gasteiger partial charge in [0.25, 0.3) is 5.91 Å². The monoisotopic (exact) mass is 460 g/mol. The van der Waals surface area contributed by atoms with Crippen molar-refractivity contribution >= 4 is 22.8 Å². The fourth-order valence-electron chi connectivity index (χ4n) is 5.47. The molecule has 1 fully saturated rings. The Bertz CT molecular complexity index is 1240. The molecule has 2 aliphatic rings. The average Bonchev–Trinajstić information content (AvgIpc) is 3.26. The second-order valence-electron chi connectivity index (χ2n) is 9.69. The van der Waals surface area contributed by atoms with E-state index < -0.39 is 5.54 Å². The second-order valence-corrected chi connectivity index (χ2v) is 9.69. The van der Waals surface area contributed by atoms with Gasteiger partial charge in [-0.1, -0.05) is 30.3 Å². The first-order valence-corrected chi connectivity index (χ1v) is 12.0. The molecular formula is C27H32N4O3. The summed E-state index contributed by atoms with van der Waals surface area (Å²) < 4.78 is 5.76. The van der Waals surface area contributed by atoms with Crippen molar-refractivity contribution in [3.05, 3.63) is 65.4 Å². The smallest absolute Gasteiger partial charge is 0.328 e. The number of imide groups is 1. The number of amides is 3. The quantitative estimate of drug-likeness (QED) is 0.537. The Morgan fingerprint density at radius 1 is 1.15 bits per heavy atom. The van der Waals surface area contributed by atoms with Crippen molar-refractivity contribution in [2.75, 3.05) is 33.8 Å². The zero-order valence-electron chi connectivity index (χ0n) is 20.3. The van der Waals surface area contributed by atoms with Crippen LogP contribution in [-0.4, -0.2) is 71.0 Å². The van der Waals surface area contributed by atoms with E-state index in [1.165, 1.54) is 4.90 Å². The van der Waals surface area contributed by atoms with Crippen LogP contribution in [0.1, 0.15) is 43.1 Å². The third-order valence-corrected chi connectivity index (χ3v) is 7.05. The Morgan fingerprint density at radius 3 is 2.62 bits per heavy atom. The summed E-state index contributed by atoms with van der Waals surface area (Å²) in [6, 6.07) is 15.4. The van der Waals surface area contributed by atoms with Crippen LogP contribution in [0.15, 0.2) is 48.5 Å². The summed E-state index contributed by atoms with van der Waals surface area (Å²) in [5.74, 6) is 0.693. The molecule has 3 aromatic rings. The minimum absolute atomic E-state index is 0.113. The molecule has 7 heteroatoms. The van der Waals surface area contributed by atoms with Gasteiger partial charge in [0.2, 0.25) is 0 Å². The standard InChI is InChI=1S/C27H32N4O3/c1-5-34-19-12-13-22-20(16-19)21-17-27(2)25(32)30(15-9-14-29(3)4)26(33)31(27)24(23(21)28-22)18-10-7-6-8-11-18/h6-8,10-13,16,24,28H,5,9,14-15,17H2,1-4H3/t24-,27+/m1/s1. The van der Waals surface area contributed by atoms with Crippen LogP contribution in [0, 0.1) is 0 Å². The molecule has 5 rings (SSSR count). The number of ether oxygens (including phenoxy) is 1. The number of aromatic nitrogens is 1. The molecule has 2 aromatic carbocycles. The third-order valence-electron chi connectivity index (χ3n) is 7.05. The van der Waals surface area contributed by atoms with Crippen LogP contribution in [0.3, 0.4) is 0 Å². The molecule has 0 aliphatic carbocycles. The maximum Gasteiger partial charge on any atom is 0.328 e. The zero-order chi connectivity index (χ0) is 24.0. The lowest BCUT2D eigenvalue weighted by Crippen LogP contribution is -2.53. The number of carbonyl (C=O) groups is 2. The van der Waals surface area contributed by atoms with E-state index in [0.717, 1.165) is 46.4 Å². The molecule has 1 saturated heterocycles. The molecule has 178 valence electrons. The highest BCUT2D eigenvalue weighted by molar-refractivity contribution is 6.08. The Balaban J connectivity index is 1.64. The molecule has 3 amide bonds. The molecule has 0 bridgehead atoms. The maximum absolute atomic E-state index is 13.8. The zero-order valence-corrected chi connectivity index (χ0v) is 20.3. The largest absolute Gasteiger partial charge is 0.494 e. The molecule has 3 heterocycles. The number of aromatic amines is 1. The fraction of sp³-hybridized carbons (Fsp3) is 0.407. The van der Waals surface area contributed by atoms with Gasteiger partial charge in [-0.3, -0.25) is 14.6 Å². The summed E-state index contributed by atoms with van der Waals surface area (Å²) in [5, 5.41) is 1.05. The van der Waals surface area contributed by atoms with Crippen molar-refractivity contribution in [2.24, 2.45) is 0 Å². The SMILES string of the molecule is CCOc1ccc2[nH]c3c(c2c1)C[C@@]1(C)C(=O)N(CCCN(C)C)C(=O)N1[C@@H]3c1ccccc1. The molecule has 7 nitrogen and oxygen atoms in total. The number of benzene rings is 2. The number of hydrogen-bond donors (Lipinski definition) is 1. The predicted octanol–water partition coefficient (Wildman–Crippen LogP) is 4.19. The number of urea groups is 1. The first-order chi connectivity index (χ1) is 16.3. The molecule has 0 unspecified atom stereocenters. The molecule has 34 heavy (non-hydrogen) atoms. The highest BCUT2D eigenvalue weighted by Gasteiger charge is 2.59. The third kappa shape index (κ3) is 3.46. The Labute approximate surface area is 200 Å². The van der Waals surface area contributed by atoms with Gasteiger partial charge in [-0.15, -0.1) is 0 Å². The average molecular weight is 461 g/mol. The summed E-state index contributed by atoms with van der Waals surface area (Å²) in [7, 11) is 4.00. The van der Waals surface area contributed by atoms with Gasteiger partial charge in [-0.2, -0.15) is 0 Å². The number of hydrogen-bond acceptors (Lipinski definition) is 4. The summed E-state index contributed by atoms with van der Waals surface area (Å²) in [4.78, 5) is 36.5. The summed E-state index contributed by atoms with van der Waals surface area (Å²) in [6.45, 7) is 5.72. The molecular weight excluding hydrogens is 428 g/mol. The molecule has 1 aromatic heterocycles. The molecule has 1 N–H and O–H groups in total. The Kier molecular flexibility index (Phi) is 5.60. The lowest BCUT2D eigenvalue weighted by atomic mass is 9.81. The van der Waals surface area contributed by atoms with Crippen molar-refractivity contribution in [1.29, 1.82) is 0 Å². The lowest BCUT2D eigenvalue weighted by Gasteiger charge is -2.42. The number of carbonyl (C=O) groups excluding carboxylic acids is 2. The van der Waals surface area contributed by atoms with Crippen molar-refractivity contribution in [3.63, 3.8) is 0 Å². The maximum atomic E-state index is 13.8. The first-order valence-electron chi connectivity index (χ1n) is 12.0. The van der Waals surface area contributed by atoms with Crippen LogP contribution in [0.5, 0.6) is 5.75 Å². The van der Waals surface area contributed by atoms with Gasteiger partial charge in [0.05, 0.1) is 6.61 Å². The lowest BCUT2D eigenvalue weighted by molar-refractivity contribution is -0.133. The Hall–Kier alpha value is -3.32. The minimum atomic E-state index is -0.945. The van der Waals surface area contributed by atoms with Crippen molar-refractivity contribution in [1.82, 2.24) is 19.7 Å². The van der Waals surface area contributed by atoms with E-state index in [9.17, 15) is 9.59 Å². The first kappa shape index (κ1) is 22.5. The predicted molar refractivity (Wildman–Crippen MR) is 132 cm³/mol. The van der Waals surface area contributed by atoms with Crippen molar-refractivity contribution in [3.8, 4) is 5.75 Å². The molecule has 2 aliphatic heterocycles. The van der Waals surface area contributed by atoms with Gasteiger partial charge in [0.15, 0.2) is 0 Å². The van der Waals surface area contributed by atoms with Crippen molar-refractivity contribution in [2.45, 2.75) is 38.3 Å². The number of H-pyrrole nitrogens is 1. The van der Waals surface area contributed by atoms with E-state index in [-0.39, 0.29) is 18.0 Å². The number of fused-ring (bicyclic) bond motifs is 4. The minimum Gasteiger partial charge on any atom is -0.494 e. The van der Waals surface area contributed by atoms with Gasteiger partial charge in [0.1, 0.15) is 17.3 Å². The second kappa shape index (κ2) is 8.47. The summed E-state index contributed by atoms with van der Waals surface area (Å²) in [5.41, 5.74) is 3.09. The van der Waals surface area contributed by atoms with E-state index in [1.54, 1.807) is 0 Å². The molecule has 0 spiro atoms. The fourth-order valence-corrected chi connectivity index (χ4v) is 5.47. The van der Waals surface area contributed by atoms with Gasteiger partial charge < -0.3 is 14.6 Å². The van der Waals surface area contributed by atoms with Crippen molar-refractivity contribution < 1.29 is 14.3 Å². The molecule has 0 saturated carbocycles. The van der Waals surface area contributed by atoms with Gasteiger partial charge >= 0.3 is 6.03 Å². The van der Waals surface area contributed by atoms with Gasteiger partial charge in [-0.25, -0.2) is 4.79 Å². The number of rotatable bonds is 7. The topological polar surface area (TPSA) is 68.9 Å². The normalized spacial score (nSPS) is 22.0. The Morgan fingerprint density at radius 2 is 1.91 bits per heavy atom. The van der Waals surface area contributed by atoms with Crippen LogP contribution < -0.4 is 4.74 Å². The van der Waals surface area contributed by atoms with Gasteiger partial charge in [-0.05, 0) is 70.2 Å². The van der Waals surface area contributed by atoms with E-state index in [0.29, 0.717) is 19.6 Å². The summed E-state index contributed by atoms with van der Waals surface area (Å²) >= 11 is 0. The van der Waals surface area contributed by atoms with E-state index in [2.05, 4.69) is 9.88 Å². The molecule has 0 radical (unpaired) electrons. The number of nitrogens with one attached hydrogen (secondary N) is 1. The van der Waals surface area contributed by atoms with E-state index in [4.69, 9.17) is 4.74 Å². The highest BCUT2D eigenvalue weighted by atomic mass is 16.5. The van der Waals surface area contributed by atoms with E-state index in [1.807, 2.05) is 81.4 Å². The van der Waals surface area contributed by atoms with Crippen LogP contribution in [0.4, 0.5) is 4.79 Å². The molecule has 2 atom stereocenters. The summed E-state index contributed by atoms with van der Waals surface area (Å²) in [6.07, 6.45) is 1.21. The highest BCUT2D eigenvalue weighted by Crippen LogP contribution is 2.49. The van der Waals surface area contributed by atoms with Crippen LogP contribution in [0.2, 0.25) is 0 Å². The van der Waals surface area contributed by atoms with Crippen LogP contribution in [-0.2, 0) is 11.2 Å². The van der Waals surface area contributed by atoms with Crippen LogP contribution in [0.25, 0.3) is 10.9 Å². The number of nitrogens with zero attached hydrogens (tertiary/aromatic N) is 3. The van der Waals surface area contributed by atoms with Crippen LogP contribution >= 0.6 is 0 Å².